The molecule has 0 N–H and O–H groups in total. The standard InChI is InChI=1S/C17H24O4/c1-4-21-17(18)10-12-6-5-7-16(12)13-8-14(19-2)11-15(9-13)20-3/h8-9,11-12,16H,4-7,10H2,1-3H3/t12-,16-/m1/s1. The molecule has 2 rings (SSSR count). The molecule has 0 bridgehead atoms. The van der Waals surface area contributed by atoms with Crippen LogP contribution in [0.5, 0.6) is 11.5 Å². The van der Waals surface area contributed by atoms with Crippen molar-refractivity contribution in [3.05, 3.63) is 23.8 Å². The summed E-state index contributed by atoms with van der Waals surface area (Å²) in [4.78, 5) is 11.8. The molecule has 1 fully saturated rings. The number of methoxy groups -OCH3 is 2. The van der Waals surface area contributed by atoms with Gasteiger partial charge in [-0.2, -0.15) is 0 Å². The normalized spacial score (nSPS) is 21.1. The molecule has 116 valence electrons. The molecule has 1 aliphatic rings. The second-order valence-corrected chi connectivity index (χ2v) is 5.45. The first-order valence-electron chi connectivity index (χ1n) is 7.56. The molecule has 1 aromatic rings. The first kappa shape index (κ1) is 15.7. The van der Waals surface area contributed by atoms with Crippen molar-refractivity contribution in [1.82, 2.24) is 0 Å². The molecular formula is C17H24O4. The summed E-state index contributed by atoms with van der Waals surface area (Å²) in [6, 6.07) is 5.98. The molecule has 0 unspecified atom stereocenters. The van der Waals surface area contributed by atoms with Crippen LogP contribution >= 0.6 is 0 Å². The Bertz CT molecular complexity index is 461. The first-order valence-corrected chi connectivity index (χ1v) is 7.56. The summed E-state index contributed by atoms with van der Waals surface area (Å²) in [6.45, 7) is 2.29. The summed E-state index contributed by atoms with van der Waals surface area (Å²) < 4.78 is 15.8. The maximum Gasteiger partial charge on any atom is 0.306 e. The lowest BCUT2D eigenvalue weighted by Gasteiger charge is -2.20. The Morgan fingerprint density at radius 2 is 1.81 bits per heavy atom. The number of carbonyl (C=O) groups is 1. The third-order valence-corrected chi connectivity index (χ3v) is 4.20. The van der Waals surface area contributed by atoms with Gasteiger partial charge in [-0.1, -0.05) is 6.42 Å². The van der Waals surface area contributed by atoms with Crippen LogP contribution in [-0.4, -0.2) is 26.8 Å². The van der Waals surface area contributed by atoms with E-state index >= 15 is 0 Å². The zero-order chi connectivity index (χ0) is 15.2. The highest BCUT2D eigenvalue weighted by molar-refractivity contribution is 5.69. The van der Waals surface area contributed by atoms with Gasteiger partial charge in [-0.3, -0.25) is 4.79 Å². The molecule has 0 spiro atoms. The van der Waals surface area contributed by atoms with Crippen molar-refractivity contribution in [2.45, 2.75) is 38.5 Å². The summed E-state index contributed by atoms with van der Waals surface area (Å²) in [6.07, 6.45) is 3.82. The fraction of sp³-hybridized carbons (Fsp3) is 0.588. The number of ether oxygens (including phenoxy) is 3. The van der Waals surface area contributed by atoms with Crippen molar-refractivity contribution in [1.29, 1.82) is 0 Å². The predicted molar refractivity (Wildman–Crippen MR) is 80.9 cm³/mol. The monoisotopic (exact) mass is 292 g/mol. The number of carbonyl (C=O) groups excluding carboxylic acids is 1. The summed E-state index contributed by atoms with van der Waals surface area (Å²) in [5.41, 5.74) is 1.19. The van der Waals surface area contributed by atoms with E-state index < -0.39 is 0 Å². The lowest BCUT2D eigenvalue weighted by Crippen LogP contribution is -2.14. The molecule has 0 radical (unpaired) electrons. The van der Waals surface area contributed by atoms with Crippen molar-refractivity contribution in [2.75, 3.05) is 20.8 Å². The van der Waals surface area contributed by atoms with Crippen LogP contribution in [0.2, 0.25) is 0 Å². The third kappa shape index (κ3) is 3.90. The average Bonchev–Trinajstić information content (AvgIpc) is 2.94. The second-order valence-electron chi connectivity index (χ2n) is 5.45. The number of rotatable bonds is 6. The van der Waals surface area contributed by atoms with E-state index in [9.17, 15) is 4.79 Å². The molecule has 4 heteroatoms. The van der Waals surface area contributed by atoms with Gasteiger partial charge in [0.1, 0.15) is 11.5 Å². The molecule has 21 heavy (non-hydrogen) atoms. The molecule has 1 aromatic carbocycles. The third-order valence-electron chi connectivity index (χ3n) is 4.20. The largest absolute Gasteiger partial charge is 0.497 e. The predicted octanol–water partition coefficient (Wildman–Crippen LogP) is 3.54. The van der Waals surface area contributed by atoms with E-state index in [1.54, 1.807) is 14.2 Å². The van der Waals surface area contributed by atoms with Crippen LogP contribution in [0, 0.1) is 5.92 Å². The van der Waals surface area contributed by atoms with Crippen molar-refractivity contribution < 1.29 is 19.0 Å². The topological polar surface area (TPSA) is 44.8 Å². The van der Waals surface area contributed by atoms with Crippen LogP contribution < -0.4 is 9.47 Å². The van der Waals surface area contributed by atoms with Gasteiger partial charge in [0, 0.05) is 12.5 Å². The molecule has 2 atom stereocenters. The van der Waals surface area contributed by atoms with E-state index in [0.29, 0.717) is 24.9 Å². The highest BCUT2D eigenvalue weighted by atomic mass is 16.5. The zero-order valence-corrected chi connectivity index (χ0v) is 13.1. The Hall–Kier alpha value is -1.71. The fourth-order valence-electron chi connectivity index (χ4n) is 3.20. The smallest absolute Gasteiger partial charge is 0.306 e. The van der Waals surface area contributed by atoms with Gasteiger partial charge in [-0.25, -0.2) is 0 Å². The maximum atomic E-state index is 11.8. The highest BCUT2D eigenvalue weighted by Gasteiger charge is 2.31. The van der Waals surface area contributed by atoms with Gasteiger partial charge in [-0.15, -0.1) is 0 Å². The Kier molecular flexibility index (Phi) is 5.48. The van der Waals surface area contributed by atoms with Crippen LogP contribution in [0.15, 0.2) is 18.2 Å². The van der Waals surface area contributed by atoms with Crippen molar-refractivity contribution in [2.24, 2.45) is 5.92 Å². The lowest BCUT2D eigenvalue weighted by atomic mass is 9.86. The highest BCUT2D eigenvalue weighted by Crippen LogP contribution is 2.43. The molecule has 1 aliphatic carbocycles. The van der Waals surface area contributed by atoms with Crippen LogP contribution in [-0.2, 0) is 9.53 Å². The molecule has 0 amide bonds. The molecular weight excluding hydrogens is 268 g/mol. The van der Waals surface area contributed by atoms with E-state index in [4.69, 9.17) is 14.2 Å². The van der Waals surface area contributed by atoms with E-state index in [2.05, 4.69) is 12.1 Å². The summed E-state index contributed by atoms with van der Waals surface area (Å²) in [7, 11) is 3.31. The molecule has 0 saturated heterocycles. The summed E-state index contributed by atoms with van der Waals surface area (Å²) >= 11 is 0. The summed E-state index contributed by atoms with van der Waals surface area (Å²) in [5, 5.41) is 0. The van der Waals surface area contributed by atoms with E-state index in [1.807, 2.05) is 13.0 Å². The molecule has 4 nitrogen and oxygen atoms in total. The van der Waals surface area contributed by atoms with E-state index in [-0.39, 0.29) is 5.97 Å². The molecule has 0 aromatic heterocycles. The van der Waals surface area contributed by atoms with Crippen molar-refractivity contribution >= 4 is 5.97 Å². The minimum absolute atomic E-state index is 0.0933. The van der Waals surface area contributed by atoms with Crippen LogP contribution in [0.4, 0.5) is 0 Å². The number of hydrogen-bond acceptors (Lipinski definition) is 4. The second kappa shape index (κ2) is 7.34. The van der Waals surface area contributed by atoms with Crippen LogP contribution in [0.3, 0.4) is 0 Å². The van der Waals surface area contributed by atoms with Crippen LogP contribution in [0.25, 0.3) is 0 Å². The van der Waals surface area contributed by atoms with Crippen molar-refractivity contribution in [3.8, 4) is 11.5 Å². The van der Waals surface area contributed by atoms with Gasteiger partial charge in [0.2, 0.25) is 0 Å². The van der Waals surface area contributed by atoms with E-state index in [1.165, 1.54) is 5.56 Å². The SMILES string of the molecule is CCOC(=O)C[C@H]1CCC[C@H]1c1cc(OC)cc(OC)c1. The fourth-order valence-corrected chi connectivity index (χ4v) is 3.20. The van der Waals surface area contributed by atoms with Crippen LogP contribution in [0.1, 0.15) is 44.1 Å². The van der Waals surface area contributed by atoms with Crippen molar-refractivity contribution in [3.63, 3.8) is 0 Å². The van der Waals surface area contributed by atoms with Gasteiger partial charge in [-0.05, 0) is 49.3 Å². The number of benzene rings is 1. The Labute approximate surface area is 126 Å². The number of hydrogen-bond donors (Lipinski definition) is 0. The Morgan fingerprint density at radius 1 is 1.14 bits per heavy atom. The van der Waals surface area contributed by atoms with Gasteiger partial charge in [0.25, 0.3) is 0 Å². The summed E-state index contributed by atoms with van der Waals surface area (Å²) in [5.74, 6) is 2.22. The number of esters is 1. The Balaban J connectivity index is 2.17. The molecule has 0 heterocycles. The lowest BCUT2D eigenvalue weighted by molar-refractivity contribution is -0.144. The molecule has 1 saturated carbocycles. The Morgan fingerprint density at radius 3 is 2.38 bits per heavy atom. The van der Waals surface area contributed by atoms with Gasteiger partial charge in [0.05, 0.1) is 20.8 Å². The van der Waals surface area contributed by atoms with Gasteiger partial charge < -0.3 is 14.2 Å². The zero-order valence-electron chi connectivity index (χ0n) is 13.1. The average molecular weight is 292 g/mol. The van der Waals surface area contributed by atoms with Gasteiger partial charge in [0.15, 0.2) is 0 Å². The van der Waals surface area contributed by atoms with Gasteiger partial charge >= 0.3 is 5.97 Å². The minimum atomic E-state index is -0.0933. The van der Waals surface area contributed by atoms with E-state index in [0.717, 1.165) is 30.8 Å². The quantitative estimate of drug-likeness (QED) is 0.752. The maximum absolute atomic E-state index is 11.8. The molecule has 0 aliphatic heterocycles. The first-order chi connectivity index (χ1) is 10.2. The minimum Gasteiger partial charge on any atom is -0.497 e.